The van der Waals surface area contributed by atoms with Crippen LogP contribution < -0.4 is 0 Å². The molecule has 1 N–H and O–H groups in total. The Morgan fingerprint density at radius 2 is 1.50 bits per heavy atom. The van der Waals surface area contributed by atoms with Gasteiger partial charge < -0.3 is 10.0 Å². The van der Waals surface area contributed by atoms with Crippen molar-refractivity contribution in [3.63, 3.8) is 0 Å². The first-order valence-corrected chi connectivity index (χ1v) is 5.02. The highest BCUT2D eigenvalue weighted by molar-refractivity contribution is 5.30. The highest BCUT2D eigenvalue weighted by Crippen LogP contribution is 2.26. The Morgan fingerprint density at radius 3 is 1.71 bits per heavy atom. The number of likely N-dealkylation sites (N-methyl/N-ethyl adjacent to an activating group) is 1. The molecule has 82 valence electrons. The molecule has 0 saturated heterocycles. The van der Waals surface area contributed by atoms with Gasteiger partial charge in [-0.15, -0.1) is 0 Å². The normalized spacial score (nSPS) is 18.6. The molecular formula is C12H23NO. The van der Waals surface area contributed by atoms with E-state index in [2.05, 4.69) is 0 Å². The van der Waals surface area contributed by atoms with Gasteiger partial charge in [0.1, 0.15) is 5.60 Å². The zero-order chi connectivity index (χ0) is 11.4. The first kappa shape index (κ1) is 13.4. The number of nitrogens with zero attached hydrogens (tertiary/aromatic N) is 1. The topological polar surface area (TPSA) is 23.5 Å². The van der Waals surface area contributed by atoms with Crippen LogP contribution in [-0.4, -0.2) is 36.2 Å². The molecule has 0 heterocycles. The van der Waals surface area contributed by atoms with Gasteiger partial charge in [-0.2, -0.15) is 0 Å². The molecule has 2 nitrogen and oxygen atoms in total. The summed E-state index contributed by atoms with van der Waals surface area (Å²) in [7, 11) is 3.94. The Hall–Kier alpha value is -0.600. The first-order valence-electron chi connectivity index (χ1n) is 5.02. The maximum atomic E-state index is 10.5. The van der Waals surface area contributed by atoms with Gasteiger partial charge in [0.25, 0.3) is 0 Å². The smallest absolute Gasteiger partial charge is 0.119 e. The van der Waals surface area contributed by atoms with Crippen molar-refractivity contribution in [2.24, 2.45) is 0 Å². The van der Waals surface area contributed by atoms with E-state index >= 15 is 0 Å². The quantitative estimate of drug-likeness (QED) is 0.698. The lowest BCUT2D eigenvalue weighted by molar-refractivity contribution is 0.0841. The molecule has 14 heavy (non-hydrogen) atoms. The minimum atomic E-state index is -0.812. The van der Waals surface area contributed by atoms with Gasteiger partial charge >= 0.3 is 0 Å². The molecule has 0 unspecified atom stereocenters. The summed E-state index contributed by atoms with van der Waals surface area (Å²) in [4.78, 5) is 2.00. The summed E-state index contributed by atoms with van der Waals surface area (Å²) in [5, 5.41) is 10.5. The summed E-state index contributed by atoms with van der Waals surface area (Å²) < 4.78 is 0. The van der Waals surface area contributed by atoms with Crippen molar-refractivity contribution in [3.8, 4) is 0 Å². The standard InChI is InChI=1S/C12H23NO/c1-7-10(3)12(14,9-13(5)6)11(4)8-2/h7-8,14H,9H2,1-6H3. The van der Waals surface area contributed by atoms with E-state index in [1.54, 1.807) is 0 Å². The number of allylic oxidation sites excluding steroid dienone is 2. The molecule has 0 amide bonds. The second kappa shape index (κ2) is 5.32. The van der Waals surface area contributed by atoms with Crippen molar-refractivity contribution in [2.45, 2.75) is 33.3 Å². The molecule has 0 aliphatic heterocycles. The molecule has 0 atom stereocenters. The molecular weight excluding hydrogens is 174 g/mol. The summed E-state index contributed by atoms with van der Waals surface area (Å²) in [5.41, 5.74) is 1.19. The van der Waals surface area contributed by atoms with E-state index in [0.29, 0.717) is 6.54 Å². The molecule has 0 aromatic carbocycles. The molecule has 0 spiro atoms. The van der Waals surface area contributed by atoms with E-state index in [-0.39, 0.29) is 0 Å². The van der Waals surface area contributed by atoms with Gasteiger partial charge in [0.05, 0.1) is 0 Å². The molecule has 2 heteroatoms. The van der Waals surface area contributed by atoms with Gasteiger partial charge in [-0.25, -0.2) is 0 Å². The van der Waals surface area contributed by atoms with E-state index < -0.39 is 5.60 Å². The average Bonchev–Trinajstić information content (AvgIpc) is 2.13. The van der Waals surface area contributed by atoms with E-state index in [0.717, 1.165) is 11.1 Å². The second-order valence-electron chi connectivity index (χ2n) is 4.04. The van der Waals surface area contributed by atoms with Crippen LogP contribution in [-0.2, 0) is 0 Å². The third-order valence-corrected chi connectivity index (χ3v) is 2.72. The van der Waals surface area contributed by atoms with Crippen molar-refractivity contribution >= 4 is 0 Å². The Balaban J connectivity index is 5.05. The summed E-state index contributed by atoms with van der Waals surface area (Å²) in [6.45, 7) is 8.48. The molecule has 0 saturated carbocycles. The zero-order valence-corrected chi connectivity index (χ0v) is 10.3. The molecule has 0 aromatic rings. The maximum absolute atomic E-state index is 10.5. The summed E-state index contributed by atoms with van der Waals surface area (Å²) >= 11 is 0. The SMILES string of the molecule is CC=C(C)C(O)(CN(C)C)C(C)=CC. The van der Waals surface area contributed by atoms with Gasteiger partial charge in [0.2, 0.25) is 0 Å². The highest BCUT2D eigenvalue weighted by atomic mass is 16.3. The fourth-order valence-electron chi connectivity index (χ4n) is 1.50. The van der Waals surface area contributed by atoms with Gasteiger partial charge in [0.15, 0.2) is 0 Å². The molecule has 0 radical (unpaired) electrons. The lowest BCUT2D eigenvalue weighted by Gasteiger charge is -2.33. The van der Waals surface area contributed by atoms with Crippen LogP contribution in [0.3, 0.4) is 0 Å². The van der Waals surface area contributed by atoms with Crippen LogP contribution in [0.2, 0.25) is 0 Å². The van der Waals surface area contributed by atoms with E-state index in [1.165, 1.54) is 0 Å². The zero-order valence-electron chi connectivity index (χ0n) is 10.3. The van der Waals surface area contributed by atoms with Crippen LogP contribution in [0.1, 0.15) is 27.7 Å². The average molecular weight is 197 g/mol. The van der Waals surface area contributed by atoms with Crippen molar-refractivity contribution in [3.05, 3.63) is 23.3 Å². The monoisotopic (exact) mass is 197 g/mol. The van der Waals surface area contributed by atoms with Gasteiger partial charge in [-0.1, -0.05) is 12.2 Å². The van der Waals surface area contributed by atoms with Crippen LogP contribution in [0.5, 0.6) is 0 Å². The lowest BCUT2D eigenvalue weighted by Crippen LogP contribution is -2.42. The van der Waals surface area contributed by atoms with Crippen molar-refractivity contribution < 1.29 is 5.11 Å². The van der Waals surface area contributed by atoms with Crippen LogP contribution >= 0.6 is 0 Å². The highest BCUT2D eigenvalue weighted by Gasteiger charge is 2.30. The summed E-state index contributed by atoms with van der Waals surface area (Å²) in [6, 6.07) is 0. The van der Waals surface area contributed by atoms with Gasteiger partial charge in [-0.05, 0) is 52.9 Å². The lowest BCUT2D eigenvalue weighted by atomic mass is 9.86. The minimum Gasteiger partial charge on any atom is -0.380 e. The fourth-order valence-corrected chi connectivity index (χ4v) is 1.50. The van der Waals surface area contributed by atoms with Crippen molar-refractivity contribution in [1.82, 2.24) is 4.90 Å². The number of aliphatic hydroxyl groups is 1. The molecule has 0 fully saturated rings. The van der Waals surface area contributed by atoms with Crippen molar-refractivity contribution in [2.75, 3.05) is 20.6 Å². The van der Waals surface area contributed by atoms with E-state index in [4.69, 9.17) is 0 Å². The van der Waals surface area contributed by atoms with Crippen LogP contribution in [0.4, 0.5) is 0 Å². The maximum Gasteiger partial charge on any atom is 0.119 e. The second-order valence-corrected chi connectivity index (χ2v) is 4.04. The fraction of sp³-hybridized carbons (Fsp3) is 0.667. The van der Waals surface area contributed by atoms with Crippen LogP contribution in [0, 0.1) is 0 Å². The first-order chi connectivity index (χ1) is 6.38. The Kier molecular flexibility index (Phi) is 5.09. The van der Waals surface area contributed by atoms with Crippen LogP contribution in [0.15, 0.2) is 23.3 Å². The Labute approximate surface area is 87.9 Å². The third-order valence-electron chi connectivity index (χ3n) is 2.72. The minimum absolute atomic E-state index is 0.624. The van der Waals surface area contributed by atoms with E-state index in [9.17, 15) is 5.11 Å². The predicted molar refractivity (Wildman–Crippen MR) is 62.4 cm³/mol. The molecule has 0 aliphatic carbocycles. The Bertz CT molecular complexity index is 221. The third kappa shape index (κ3) is 2.96. The Morgan fingerprint density at radius 1 is 1.14 bits per heavy atom. The molecule has 0 rings (SSSR count). The number of hydrogen-bond donors (Lipinski definition) is 1. The predicted octanol–water partition coefficient (Wildman–Crippen LogP) is 2.21. The van der Waals surface area contributed by atoms with E-state index in [1.807, 2.05) is 58.8 Å². The molecule has 0 aliphatic rings. The number of hydrogen-bond acceptors (Lipinski definition) is 2. The van der Waals surface area contributed by atoms with Crippen molar-refractivity contribution in [1.29, 1.82) is 0 Å². The molecule has 0 aromatic heterocycles. The number of rotatable bonds is 4. The van der Waals surface area contributed by atoms with Gasteiger partial charge in [-0.3, -0.25) is 0 Å². The molecule has 0 bridgehead atoms. The van der Waals surface area contributed by atoms with Gasteiger partial charge in [0, 0.05) is 6.54 Å². The summed E-state index contributed by atoms with van der Waals surface area (Å²) in [5.74, 6) is 0. The largest absolute Gasteiger partial charge is 0.380 e. The summed E-state index contributed by atoms with van der Waals surface area (Å²) in [6.07, 6.45) is 3.94. The van der Waals surface area contributed by atoms with Crippen LogP contribution in [0.25, 0.3) is 0 Å².